The van der Waals surface area contributed by atoms with Crippen LogP contribution in [0, 0.1) is 0 Å². The molecular formula is C6H15N3O. The van der Waals surface area contributed by atoms with Crippen molar-refractivity contribution in [3.05, 3.63) is 0 Å². The Hall–Kier alpha value is -0.610. The van der Waals surface area contributed by atoms with Crippen LogP contribution >= 0.6 is 0 Å². The fraction of sp³-hybridized carbons (Fsp3) is 0.833. The van der Waals surface area contributed by atoms with Crippen molar-refractivity contribution in [2.45, 2.75) is 12.8 Å². The van der Waals surface area contributed by atoms with E-state index in [2.05, 4.69) is 5.32 Å². The van der Waals surface area contributed by atoms with E-state index in [1.807, 2.05) is 0 Å². The van der Waals surface area contributed by atoms with E-state index in [1.165, 1.54) is 0 Å². The molecule has 4 heteroatoms. The normalized spacial score (nSPS) is 9.40. The molecule has 0 aromatic carbocycles. The van der Waals surface area contributed by atoms with Gasteiger partial charge in [-0.25, -0.2) is 0 Å². The predicted molar refractivity (Wildman–Crippen MR) is 40.4 cm³/mol. The Balaban J connectivity index is 2.96. The molecule has 0 saturated carbocycles. The maximum Gasteiger partial charge on any atom is 0.233 e. The number of nitrogens with two attached hydrogens (primary N) is 2. The van der Waals surface area contributed by atoms with Crippen LogP contribution in [-0.2, 0) is 4.79 Å². The number of hydrogen-bond donors (Lipinski definition) is 3. The van der Waals surface area contributed by atoms with Crippen LogP contribution in [0.15, 0.2) is 0 Å². The molecular weight excluding hydrogens is 130 g/mol. The highest BCUT2D eigenvalue weighted by molar-refractivity contribution is 5.77. The molecule has 0 unspecified atom stereocenters. The Labute approximate surface area is 61.0 Å². The van der Waals surface area contributed by atoms with Gasteiger partial charge in [0, 0.05) is 6.54 Å². The summed E-state index contributed by atoms with van der Waals surface area (Å²) >= 11 is 0. The van der Waals surface area contributed by atoms with Gasteiger partial charge in [0.15, 0.2) is 0 Å². The molecule has 0 aliphatic heterocycles. The van der Waals surface area contributed by atoms with Gasteiger partial charge >= 0.3 is 0 Å². The van der Waals surface area contributed by atoms with Gasteiger partial charge in [0.2, 0.25) is 5.91 Å². The third-order valence-electron chi connectivity index (χ3n) is 1.14. The lowest BCUT2D eigenvalue weighted by Gasteiger charge is -2.00. The molecule has 60 valence electrons. The fourth-order valence-electron chi connectivity index (χ4n) is 0.569. The smallest absolute Gasteiger partial charge is 0.233 e. The summed E-state index contributed by atoms with van der Waals surface area (Å²) in [4.78, 5) is 10.5. The molecule has 0 atom stereocenters. The summed E-state index contributed by atoms with van der Waals surface area (Å²) in [6, 6.07) is 0. The minimum Gasteiger partial charge on any atom is -0.355 e. The van der Waals surface area contributed by atoms with Crippen molar-refractivity contribution < 1.29 is 4.79 Å². The van der Waals surface area contributed by atoms with E-state index in [4.69, 9.17) is 11.5 Å². The summed E-state index contributed by atoms with van der Waals surface area (Å²) in [5, 5.41) is 2.65. The summed E-state index contributed by atoms with van der Waals surface area (Å²) in [6.45, 7) is 1.44. The average molecular weight is 145 g/mol. The quantitative estimate of drug-likeness (QED) is 0.425. The van der Waals surface area contributed by atoms with E-state index < -0.39 is 0 Å². The van der Waals surface area contributed by atoms with Gasteiger partial charge in [-0.05, 0) is 19.4 Å². The standard InChI is InChI=1S/C6H15N3O/c7-3-1-2-4-9-6(10)5-8/h1-5,7-8H2,(H,9,10). The van der Waals surface area contributed by atoms with Gasteiger partial charge in [0.1, 0.15) is 0 Å². The number of hydrogen-bond acceptors (Lipinski definition) is 3. The highest BCUT2D eigenvalue weighted by Crippen LogP contribution is 1.81. The monoisotopic (exact) mass is 145 g/mol. The van der Waals surface area contributed by atoms with Crippen LogP contribution in [0.1, 0.15) is 12.8 Å². The second kappa shape index (κ2) is 6.51. The van der Waals surface area contributed by atoms with Crippen molar-refractivity contribution in [1.29, 1.82) is 0 Å². The van der Waals surface area contributed by atoms with E-state index in [1.54, 1.807) is 0 Å². The topological polar surface area (TPSA) is 81.1 Å². The van der Waals surface area contributed by atoms with Crippen molar-refractivity contribution in [2.24, 2.45) is 11.5 Å². The lowest BCUT2D eigenvalue weighted by atomic mass is 10.3. The second-order valence-electron chi connectivity index (χ2n) is 2.05. The molecule has 5 N–H and O–H groups in total. The Kier molecular flexibility index (Phi) is 6.11. The zero-order valence-corrected chi connectivity index (χ0v) is 6.10. The first-order valence-electron chi connectivity index (χ1n) is 3.48. The molecule has 0 aromatic rings. The molecule has 1 amide bonds. The lowest BCUT2D eigenvalue weighted by Crippen LogP contribution is -2.31. The third-order valence-corrected chi connectivity index (χ3v) is 1.14. The molecule has 0 bridgehead atoms. The Morgan fingerprint density at radius 1 is 1.30 bits per heavy atom. The van der Waals surface area contributed by atoms with E-state index in [0.29, 0.717) is 13.1 Å². The van der Waals surface area contributed by atoms with Crippen molar-refractivity contribution in [3.8, 4) is 0 Å². The van der Waals surface area contributed by atoms with Crippen molar-refractivity contribution in [3.63, 3.8) is 0 Å². The number of amides is 1. The first kappa shape index (κ1) is 9.39. The summed E-state index contributed by atoms with van der Waals surface area (Å²) in [5.41, 5.74) is 10.3. The van der Waals surface area contributed by atoms with Crippen molar-refractivity contribution in [2.75, 3.05) is 19.6 Å². The fourth-order valence-corrected chi connectivity index (χ4v) is 0.569. The predicted octanol–water partition coefficient (Wildman–Crippen LogP) is -1.20. The van der Waals surface area contributed by atoms with E-state index in [0.717, 1.165) is 12.8 Å². The van der Waals surface area contributed by atoms with Gasteiger partial charge in [-0.3, -0.25) is 4.79 Å². The maximum absolute atomic E-state index is 10.5. The summed E-state index contributed by atoms with van der Waals surface area (Å²) in [7, 11) is 0. The minimum atomic E-state index is -0.1000. The van der Waals surface area contributed by atoms with Crippen LogP contribution in [0.2, 0.25) is 0 Å². The summed E-state index contributed by atoms with van der Waals surface area (Å²) < 4.78 is 0. The molecule has 0 saturated heterocycles. The minimum absolute atomic E-state index is 0.0720. The van der Waals surface area contributed by atoms with Gasteiger partial charge in [0.05, 0.1) is 6.54 Å². The van der Waals surface area contributed by atoms with Gasteiger partial charge in [0.25, 0.3) is 0 Å². The zero-order valence-electron chi connectivity index (χ0n) is 6.10. The first-order chi connectivity index (χ1) is 4.81. The molecule has 0 rings (SSSR count). The summed E-state index contributed by atoms with van der Waals surface area (Å²) in [6.07, 6.45) is 1.88. The number of unbranched alkanes of at least 4 members (excludes halogenated alkanes) is 1. The Morgan fingerprint density at radius 2 is 2.00 bits per heavy atom. The molecule has 4 nitrogen and oxygen atoms in total. The average Bonchev–Trinajstić information content (AvgIpc) is 1.98. The van der Waals surface area contributed by atoms with Crippen molar-refractivity contribution in [1.82, 2.24) is 5.32 Å². The SMILES string of the molecule is NCCCCNC(=O)CN. The van der Waals surface area contributed by atoms with E-state index in [-0.39, 0.29) is 12.5 Å². The van der Waals surface area contributed by atoms with Gasteiger partial charge < -0.3 is 16.8 Å². The highest BCUT2D eigenvalue weighted by atomic mass is 16.1. The van der Waals surface area contributed by atoms with Crippen molar-refractivity contribution >= 4 is 5.91 Å². The van der Waals surface area contributed by atoms with Crippen LogP contribution in [0.3, 0.4) is 0 Å². The van der Waals surface area contributed by atoms with Gasteiger partial charge in [-0.2, -0.15) is 0 Å². The highest BCUT2D eigenvalue weighted by Gasteiger charge is 1.93. The van der Waals surface area contributed by atoms with Crippen LogP contribution < -0.4 is 16.8 Å². The lowest BCUT2D eigenvalue weighted by molar-refractivity contribution is -0.119. The number of nitrogens with one attached hydrogen (secondary N) is 1. The maximum atomic E-state index is 10.5. The van der Waals surface area contributed by atoms with E-state index in [9.17, 15) is 4.79 Å². The number of carbonyl (C=O) groups excluding carboxylic acids is 1. The Bertz CT molecular complexity index is 95.0. The molecule has 0 fully saturated rings. The van der Waals surface area contributed by atoms with Crippen LogP contribution in [0.25, 0.3) is 0 Å². The number of carbonyl (C=O) groups is 1. The van der Waals surface area contributed by atoms with Gasteiger partial charge in [-0.15, -0.1) is 0 Å². The van der Waals surface area contributed by atoms with E-state index >= 15 is 0 Å². The van der Waals surface area contributed by atoms with Crippen LogP contribution in [0.4, 0.5) is 0 Å². The molecule has 0 aromatic heterocycles. The number of rotatable bonds is 5. The first-order valence-corrected chi connectivity index (χ1v) is 3.48. The third kappa shape index (κ3) is 5.53. The van der Waals surface area contributed by atoms with Crippen LogP contribution in [0.5, 0.6) is 0 Å². The molecule has 10 heavy (non-hydrogen) atoms. The zero-order chi connectivity index (χ0) is 7.82. The molecule has 0 aliphatic rings. The molecule has 0 aliphatic carbocycles. The Morgan fingerprint density at radius 3 is 2.50 bits per heavy atom. The van der Waals surface area contributed by atoms with Gasteiger partial charge in [-0.1, -0.05) is 0 Å². The second-order valence-corrected chi connectivity index (χ2v) is 2.05. The summed E-state index contributed by atoms with van der Waals surface area (Å²) in [5.74, 6) is -0.1000. The largest absolute Gasteiger partial charge is 0.355 e. The molecule has 0 radical (unpaired) electrons. The molecule has 0 heterocycles. The van der Waals surface area contributed by atoms with Crippen LogP contribution in [-0.4, -0.2) is 25.5 Å². The molecule has 0 spiro atoms.